The molecule has 0 aromatic heterocycles. The molecule has 166 valence electrons. The zero-order valence-corrected chi connectivity index (χ0v) is 17.2. The number of benzene rings is 2. The van der Waals surface area contributed by atoms with Gasteiger partial charge >= 0.3 is 28.0 Å². The number of carboxylic acids is 2. The van der Waals surface area contributed by atoms with Gasteiger partial charge < -0.3 is 29.2 Å². The largest absolute Gasteiger partial charge is 0.493 e. The Morgan fingerprint density at radius 3 is 2.10 bits per heavy atom. The molecule has 2 rings (SSSR count). The van der Waals surface area contributed by atoms with Crippen molar-refractivity contribution in [2.75, 3.05) is 14.2 Å². The summed E-state index contributed by atoms with van der Waals surface area (Å²) in [5, 5.41) is 19.6. The third kappa shape index (κ3) is 6.09. The number of carbonyl (C=O) groups excluding carboxylic acids is 1. The van der Waals surface area contributed by atoms with Crippen molar-refractivity contribution >= 4 is 28.0 Å². The number of carboxylic acid groups (broad SMARTS) is 2. The average molecular weight is 453 g/mol. The third-order valence-electron chi connectivity index (χ3n) is 4.01. The van der Waals surface area contributed by atoms with E-state index in [1.54, 1.807) is 0 Å². The molecule has 1 amide bonds. The Morgan fingerprint density at radius 2 is 1.58 bits per heavy atom. The van der Waals surface area contributed by atoms with Crippen LogP contribution in [0.2, 0.25) is 0 Å². The van der Waals surface area contributed by atoms with Gasteiger partial charge in [0.1, 0.15) is 16.7 Å². The molecule has 3 N–H and O–H groups in total. The maximum absolute atomic E-state index is 12.5. The molecule has 0 saturated heterocycles. The van der Waals surface area contributed by atoms with Crippen LogP contribution >= 0.6 is 0 Å². The van der Waals surface area contributed by atoms with Crippen LogP contribution < -0.4 is 19.0 Å². The van der Waals surface area contributed by atoms with E-state index in [1.165, 1.54) is 56.7 Å². The molecule has 0 aliphatic carbocycles. The van der Waals surface area contributed by atoms with Crippen LogP contribution in [0.3, 0.4) is 0 Å². The van der Waals surface area contributed by atoms with Gasteiger partial charge in [0.05, 0.1) is 14.2 Å². The monoisotopic (exact) mass is 453 g/mol. The van der Waals surface area contributed by atoms with Crippen molar-refractivity contribution in [1.29, 1.82) is 0 Å². The highest BCUT2D eigenvalue weighted by Crippen LogP contribution is 2.30. The Kier molecular flexibility index (Phi) is 7.42. The molecule has 2 aromatic rings. The Hall–Kier alpha value is -3.80. The number of methoxy groups -OCH3 is 2. The lowest BCUT2D eigenvalue weighted by molar-refractivity contribution is -0.152. The summed E-state index contributed by atoms with van der Waals surface area (Å²) in [6.45, 7) is 0. The Balaban J connectivity index is 2.15. The molecule has 1 atom stereocenters. The Bertz CT molecular complexity index is 1080. The van der Waals surface area contributed by atoms with E-state index in [4.69, 9.17) is 23.9 Å². The van der Waals surface area contributed by atoms with Gasteiger partial charge in [-0.1, -0.05) is 12.1 Å². The molecule has 2 aromatic carbocycles. The highest BCUT2D eigenvalue weighted by atomic mass is 32.2. The average Bonchev–Trinajstić information content (AvgIpc) is 2.73. The molecule has 12 heteroatoms. The number of rotatable bonds is 9. The number of nitrogens with one attached hydrogen (secondary N) is 1. The van der Waals surface area contributed by atoms with Crippen molar-refractivity contribution in [3.05, 3.63) is 48.0 Å². The van der Waals surface area contributed by atoms with Crippen molar-refractivity contribution in [2.24, 2.45) is 0 Å². The molecule has 0 radical (unpaired) electrons. The second-order valence-corrected chi connectivity index (χ2v) is 7.62. The van der Waals surface area contributed by atoms with Gasteiger partial charge in [0.15, 0.2) is 11.5 Å². The maximum atomic E-state index is 12.5. The fourth-order valence-corrected chi connectivity index (χ4v) is 3.43. The summed E-state index contributed by atoms with van der Waals surface area (Å²) in [7, 11) is -1.43. The summed E-state index contributed by atoms with van der Waals surface area (Å²) in [6, 6.07) is 7.83. The molecule has 0 spiro atoms. The first kappa shape index (κ1) is 23.5. The van der Waals surface area contributed by atoms with Gasteiger partial charge in [0, 0.05) is 12.5 Å². The molecule has 31 heavy (non-hydrogen) atoms. The van der Waals surface area contributed by atoms with Gasteiger partial charge in [-0.05, 0) is 29.8 Å². The molecule has 0 aliphatic heterocycles. The van der Waals surface area contributed by atoms with E-state index < -0.39 is 34.0 Å². The predicted molar refractivity (Wildman–Crippen MR) is 105 cm³/mol. The van der Waals surface area contributed by atoms with Gasteiger partial charge in [-0.15, -0.1) is 0 Å². The number of amides is 1. The zero-order valence-electron chi connectivity index (χ0n) is 16.4. The minimum absolute atomic E-state index is 0.0417. The molecule has 0 heterocycles. The summed E-state index contributed by atoms with van der Waals surface area (Å²) in [6.07, 6.45) is -0.225. The van der Waals surface area contributed by atoms with Crippen LogP contribution in [-0.4, -0.2) is 56.7 Å². The van der Waals surface area contributed by atoms with E-state index in [0.29, 0.717) is 11.3 Å². The van der Waals surface area contributed by atoms with Gasteiger partial charge in [0.2, 0.25) is 0 Å². The smallest absolute Gasteiger partial charge is 0.394 e. The number of hydrogen-bond acceptors (Lipinski definition) is 8. The predicted octanol–water partition coefficient (Wildman–Crippen LogP) is 0.668. The first-order chi connectivity index (χ1) is 14.6. The van der Waals surface area contributed by atoms with Crippen LogP contribution in [-0.2, 0) is 30.9 Å². The van der Waals surface area contributed by atoms with Crippen molar-refractivity contribution in [2.45, 2.75) is 17.4 Å². The summed E-state index contributed by atoms with van der Waals surface area (Å²) in [5.41, 5.74) is 0.397. The number of carbonyl (C=O) groups is 3. The van der Waals surface area contributed by atoms with Crippen LogP contribution in [0, 0.1) is 0 Å². The van der Waals surface area contributed by atoms with Crippen LogP contribution in [0.5, 0.6) is 17.2 Å². The molecule has 1 unspecified atom stereocenters. The van der Waals surface area contributed by atoms with Crippen molar-refractivity contribution in [1.82, 2.24) is 5.32 Å². The third-order valence-corrected chi connectivity index (χ3v) is 5.25. The Morgan fingerprint density at radius 1 is 0.968 bits per heavy atom. The SMILES string of the molecule is COc1ccc(S(=O)(=O)Oc2ccc(CC(NC(=O)C(=O)O)C(=O)O)cc2)cc1OC. The molecule has 0 fully saturated rings. The lowest BCUT2D eigenvalue weighted by Gasteiger charge is -2.14. The fraction of sp³-hybridized carbons (Fsp3) is 0.211. The second-order valence-electron chi connectivity index (χ2n) is 6.07. The van der Waals surface area contributed by atoms with E-state index in [1.807, 2.05) is 5.32 Å². The standard InChI is InChI=1S/C19H19NO10S/c1-28-15-8-7-13(10-16(15)29-2)31(26,27)30-12-5-3-11(4-6-12)9-14(18(22)23)20-17(21)19(24)25/h3-8,10,14H,9H2,1-2H3,(H,20,21)(H,22,23)(H,24,25). The van der Waals surface area contributed by atoms with Crippen molar-refractivity contribution in [3.63, 3.8) is 0 Å². The van der Waals surface area contributed by atoms with E-state index in [0.717, 1.165) is 0 Å². The van der Waals surface area contributed by atoms with E-state index >= 15 is 0 Å². The van der Waals surface area contributed by atoms with Crippen molar-refractivity contribution < 1.29 is 46.7 Å². The minimum Gasteiger partial charge on any atom is -0.493 e. The fourth-order valence-electron chi connectivity index (χ4n) is 2.48. The summed E-state index contributed by atoms with van der Waals surface area (Å²) in [4.78, 5) is 32.9. The molecule has 11 nitrogen and oxygen atoms in total. The van der Waals surface area contributed by atoms with Crippen molar-refractivity contribution in [3.8, 4) is 17.2 Å². The lowest BCUT2D eigenvalue weighted by Crippen LogP contribution is -2.45. The quantitative estimate of drug-likeness (QED) is 0.363. The maximum Gasteiger partial charge on any atom is 0.394 e. The van der Waals surface area contributed by atoms with Crippen LogP contribution in [0.15, 0.2) is 47.4 Å². The van der Waals surface area contributed by atoms with Crippen LogP contribution in [0.25, 0.3) is 0 Å². The van der Waals surface area contributed by atoms with E-state index in [9.17, 15) is 22.8 Å². The first-order valence-corrected chi connectivity index (χ1v) is 10.00. The topological polar surface area (TPSA) is 166 Å². The molecule has 0 saturated carbocycles. The number of hydrogen-bond donors (Lipinski definition) is 3. The molecule has 0 aliphatic rings. The lowest BCUT2D eigenvalue weighted by atomic mass is 10.1. The normalized spacial score (nSPS) is 11.8. The first-order valence-electron chi connectivity index (χ1n) is 8.59. The molecule has 0 bridgehead atoms. The van der Waals surface area contributed by atoms with Gasteiger partial charge in [-0.3, -0.25) is 4.79 Å². The van der Waals surface area contributed by atoms with Gasteiger partial charge in [-0.2, -0.15) is 8.42 Å². The minimum atomic E-state index is -4.20. The summed E-state index contributed by atoms with van der Waals surface area (Å²) in [5.74, 6) is -4.19. The highest BCUT2D eigenvalue weighted by Gasteiger charge is 2.24. The van der Waals surface area contributed by atoms with Gasteiger partial charge in [0.25, 0.3) is 0 Å². The Labute approximate surface area is 177 Å². The highest BCUT2D eigenvalue weighted by molar-refractivity contribution is 7.87. The summed E-state index contributed by atoms with van der Waals surface area (Å²) >= 11 is 0. The number of aliphatic carboxylic acids is 2. The van der Waals surface area contributed by atoms with E-state index in [-0.39, 0.29) is 22.8 Å². The zero-order chi connectivity index (χ0) is 23.2. The second kappa shape index (κ2) is 9.80. The van der Waals surface area contributed by atoms with Crippen LogP contribution in [0.4, 0.5) is 0 Å². The number of ether oxygens (including phenoxy) is 2. The summed E-state index contributed by atoms with van der Waals surface area (Å²) < 4.78 is 40.2. The van der Waals surface area contributed by atoms with Crippen LogP contribution in [0.1, 0.15) is 5.56 Å². The van der Waals surface area contributed by atoms with Gasteiger partial charge in [-0.25, -0.2) is 9.59 Å². The van der Waals surface area contributed by atoms with E-state index in [2.05, 4.69) is 0 Å². The molecular weight excluding hydrogens is 434 g/mol. The molecular formula is C19H19NO10S.